The predicted molar refractivity (Wildman–Crippen MR) is 67.8 cm³/mol. The predicted octanol–water partition coefficient (Wildman–Crippen LogP) is 2.64. The smallest absolute Gasteiger partial charge is 0.324 e. The molecule has 0 saturated carbocycles. The number of fused-ring (bicyclic) bond motifs is 1. The zero-order chi connectivity index (χ0) is 11.7. The van der Waals surface area contributed by atoms with E-state index in [1.165, 1.54) is 11.0 Å². The first-order chi connectivity index (χ1) is 8.33. The number of hydrogen-bond acceptors (Lipinski definition) is 2. The molecular weight excluding hydrogens is 397 g/mol. The number of benzene rings is 2. The third-order valence-corrected chi connectivity index (χ3v) is 2.95. The number of hydrogen-bond donors (Lipinski definition) is 0. The van der Waals surface area contributed by atoms with Gasteiger partial charge in [-0.3, -0.25) is 0 Å². The van der Waals surface area contributed by atoms with Gasteiger partial charge in [0.1, 0.15) is 5.75 Å². The average molecular weight is 409 g/mol. The third-order valence-electron chi connectivity index (χ3n) is 2.95. The van der Waals surface area contributed by atoms with E-state index in [0.29, 0.717) is 6.61 Å². The fourth-order valence-corrected chi connectivity index (χ4v) is 2.04. The van der Waals surface area contributed by atoms with Crippen molar-refractivity contribution in [3.8, 4) is 11.5 Å². The minimum absolute atomic E-state index is 0. The van der Waals surface area contributed by atoms with Crippen LogP contribution in [0.3, 0.4) is 0 Å². The third kappa shape index (κ3) is 2.67. The Morgan fingerprint density at radius 3 is 2.94 bits per heavy atom. The Labute approximate surface area is 121 Å². The quantitative estimate of drug-likeness (QED) is 0.561. The SMILES string of the molecule is CB1OCc2cc(Oc3[c-]cccc3)ccc21.[Re]. The van der Waals surface area contributed by atoms with Crippen LogP contribution in [-0.4, -0.2) is 6.92 Å². The van der Waals surface area contributed by atoms with E-state index >= 15 is 0 Å². The van der Waals surface area contributed by atoms with E-state index < -0.39 is 0 Å². The molecule has 0 fully saturated rings. The summed E-state index contributed by atoms with van der Waals surface area (Å²) in [4.78, 5) is 0. The molecule has 4 heteroatoms. The van der Waals surface area contributed by atoms with Gasteiger partial charge in [-0.2, -0.15) is 18.2 Å². The molecule has 0 N–H and O–H groups in total. The summed E-state index contributed by atoms with van der Waals surface area (Å²) in [5.74, 6) is 1.57. The van der Waals surface area contributed by atoms with Crippen LogP contribution in [0.15, 0.2) is 42.5 Å². The van der Waals surface area contributed by atoms with Crippen LogP contribution in [0, 0.1) is 6.07 Å². The molecule has 1 heterocycles. The Hall–Kier alpha value is -1.07. The molecule has 2 nitrogen and oxygen atoms in total. The van der Waals surface area contributed by atoms with Crippen molar-refractivity contribution in [1.82, 2.24) is 0 Å². The monoisotopic (exact) mass is 410 g/mol. The first kappa shape index (κ1) is 13.4. The molecule has 2 aromatic carbocycles. The van der Waals surface area contributed by atoms with Crippen LogP contribution in [-0.2, 0) is 31.7 Å². The van der Waals surface area contributed by atoms with Gasteiger partial charge in [-0.25, -0.2) is 0 Å². The van der Waals surface area contributed by atoms with E-state index in [-0.39, 0.29) is 27.3 Å². The molecule has 0 spiro atoms. The fourth-order valence-electron chi connectivity index (χ4n) is 2.04. The molecule has 0 bridgehead atoms. The van der Waals surface area contributed by atoms with Gasteiger partial charge in [-0.1, -0.05) is 12.9 Å². The van der Waals surface area contributed by atoms with E-state index in [1.807, 2.05) is 36.4 Å². The Balaban J connectivity index is 0.00000120. The van der Waals surface area contributed by atoms with Gasteiger partial charge in [0.05, 0.1) is 6.61 Å². The van der Waals surface area contributed by atoms with Gasteiger partial charge in [0.25, 0.3) is 0 Å². The second-order valence-electron chi connectivity index (χ2n) is 4.14. The van der Waals surface area contributed by atoms with Crippen molar-refractivity contribution >= 4 is 12.4 Å². The molecule has 0 aliphatic carbocycles. The van der Waals surface area contributed by atoms with E-state index in [9.17, 15) is 0 Å². The minimum Gasteiger partial charge on any atom is -0.483 e. The minimum atomic E-state index is 0. The molecule has 0 amide bonds. The second kappa shape index (κ2) is 5.71. The van der Waals surface area contributed by atoms with E-state index in [1.54, 1.807) is 0 Å². The molecule has 1 aliphatic rings. The second-order valence-corrected chi connectivity index (χ2v) is 4.14. The topological polar surface area (TPSA) is 18.5 Å². The van der Waals surface area contributed by atoms with Crippen LogP contribution in [0.4, 0.5) is 0 Å². The van der Waals surface area contributed by atoms with Crippen molar-refractivity contribution in [3.05, 3.63) is 54.1 Å². The van der Waals surface area contributed by atoms with Gasteiger partial charge in [-0.15, -0.1) is 12.1 Å². The van der Waals surface area contributed by atoms with Crippen LogP contribution in [0.5, 0.6) is 11.5 Å². The molecule has 1 aliphatic heterocycles. The first-order valence-corrected chi connectivity index (χ1v) is 5.72. The van der Waals surface area contributed by atoms with Gasteiger partial charge in [-0.05, 0) is 23.2 Å². The largest absolute Gasteiger partial charge is 0.483 e. The number of para-hydroxylation sites is 1. The molecule has 0 unspecified atom stereocenters. The van der Waals surface area contributed by atoms with E-state index in [0.717, 1.165) is 11.5 Å². The van der Waals surface area contributed by atoms with Gasteiger partial charge in [0.2, 0.25) is 0 Å². The molecule has 2 aromatic rings. The summed E-state index contributed by atoms with van der Waals surface area (Å²) in [6.07, 6.45) is 0. The maximum atomic E-state index is 5.73. The summed E-state index contributed by atoms with van der Waals surface area (Å²) in [5, 5.41) is 0. The van der Waals surface area contributed by atoms with Crippen LogP contribution < -0.4 is 10.2 Å². The molecule has 0 atom stereocenters. The Morgan fingerprint density at radius 2 is 2.17 bits per heavy atom. The van der Waals surface area contributed by atoms with Crippen molar-refractivity contribution in [3.63, 3.8) is 0 Å². The molecule has 18 heavy (non-hydrogen) atoms. The number of rotatable bonds is 2. The zero-order valence-corrected chi connectivity index (χ0v) is 12.7. The zero-order valence-electron chi connectivity index (χ0n) is 10.0. The van der Waals surface area contributed by atoms with E-state index in [2.05, 4.69) is 19.0 Å². The van der Waals surface area contributed by atoms with Crippen molar-refractivity contribution in [1.29, 1.82) is 0 Å². The van der Waals surface area contributed by atoms with Crippen molar-refractivity contribution in [2.75, 3.05) is 0 Å². The Kier molecular flexibility index (Phi) is 4.24. The van der Waals surface area contributed by atoms with Crippen LogP contribution in [0.25, 0.3) is 0 Å². The molecule has 0 aromatic heterocycles. The van der Waals surface area contributed by atoms with Crippen molar-refractivity contribution < 1.29 is 29.8 Å². The molecule has 3 rings (SSSR count). The van der Waals surface area contributed by atoms with Gasteiger partial charge in [0, 0.05) is 26.2 Å². The normalized spacial score (nSPS) is 12.8. The van der Waals surface area contributed by atoms with Crippen molar-refractivity contribution in [2.45, 2.75) is 13.4 Å². The van der Waals surface area contributed by atoms with Gasteiger partial charge in [0.15, 0.2) is 0 Å². The summed E-state index contributed by atoms with van der Waals surface area (Å²) < 4.78 is 11.3. The molecule has 1 radical (unpaired) electrons. The first-order valence-electron chi connectivity index (χ1n) is 5.72. The van der Waals surface area contributed by atoms with Crippen molar-refractivity contribution in [2.24, 2.45) is 0 Å². The van der Waals surface area contributed by atoms with Crippen LogP contribution in [0.2, 0.25) is 6.82 Å². The molecule has 0 saturated heterocycles. The maximum Gasteiger partial charge on any atom is 0.324 e. The number of ether oxygens (including phenoxy) is 1. The van der Waals surface area contributed by atoms with Gasteiger partial charge < -0.3 is 9.39 Å². The standard InChI is InChI=1S/C14H12BO2.Re/c1-15-14-8-7-13(9-11(14)10-16-15)17-12-5-3-2-4-6-12;/h2-5,7-9H,10H2,1H3;/q-1;. The Morgan fingerprint density at radius 1 is 1.28 bits per heavy atom. The van der Waals surface area contributed by atoms with Gasteiger partial charge >= 0.3 is 6.92 Å². The average Bonchev–Trinajstić information content (AvgIpc) is 2.72. The summed E-state index contributed by atoms with van der Waals surface area (Å²) in [5.41, 5.74) is 2.47. The summed E-state index contributed by atoms with van der Waals surface area (Å²) in [7, 11) is 0. The maximum absolute atomic E-state index is 5.73. The Bertz CT molecular complexity index is 531. The fraction of sp³-hybridized carbons (Fsp3) is 0.143. The van der Waals surface area contributed by atoms with Crippen LogP contribution >= 0.6 is 0 Å². The van der Waals surface area contributed by atoms with Crippen LogP contribution in [0.1, 0.15) is 5.56 Å². The summed E-state index contributed by atoms with van der Waals surface area (Å²) >= 11 is 0. The molecular formula is C14H12BO2Re-. The van der Waals surface area contributed by atoms with E-state index in [4.69, 9.17) is 9.39 Å². The summed E-state index contributed by atoms with van der Waals surface area (Å²) in [6, 6.07) is 16.7. The molecule has 91 valence electrons. The summed E-state index contributed by atoms with van der Waals surface area (Å²) in [6.45, 7) is 2.94.